The van der Waals surface area contributed by atoms with E-state index >= 15 is 0 Å². The molecule has 0 fully saturated rings. The summed E-state index contributed by atoms with van der Waals surface area (Å²) >= 11 is 0. The maximum Gasteiger partial charge on any atom is 0.210 e. The number of carbonyl (C=O) groups is 3. The van der Waals surface area contributed by atoms with Crippen LogP contribution in [0.3, 0.4) is 0 Å². The predicted molar refractivity (Wildman–Crippen MR) is 98.1 cm³/mol. The van der Waals surface area contributed by atoms with E-state index in [0.29, 0.717) is 46.5 Å². The fourth-order valence-corrected chi connectivity index (χ4v) is 4.26. The van der Waals surface area contributed by atoms with Gasteiger partial charge in [0.05, 0.1) is 17.3 Å². The van der Waals surface area contributed by atoms with Crippen LogP contribution in [0.2, 0.25) is 0 Å². The van der Waals surface area contributed by atoms with Crippen LogP contribution in [0.5, 0.6) is 0 Å². The summed E-state index contributed by atoms with van der Waals surface area (Å²) in [5, 5.41) is 3.15. The van der Waals surface area contributed by atoms with Crippen molar-refractivity contribution in [3.63, 3.8) is 0 Å². The van der Waals surface area contributed by atoms with Crippen molar-refractivity contribution in [1.29, 1.82) is 0 Å². The van der Waals surface area contributed by atoms with Crippen molar-refractivity contribution in [2.45, 2.75) is 25.2 Å². The molecule has 0 saturated heterocycles. The van der Waals surface area contributed by atoms with Gasteiger partial charge in [0, 0.05) is 40.6 Å². The molecule has 1 N–H and O–H groups in total. The molecule has 0 spiro atoms. The van der Waals surface area contributed by atoms with Crippen LogP contribution in [0.25, 0.3) is 0 Å². The monoisotopic (exact) mass is 356 g/mol. The second-order valence-electron chi connectivity index (χ2n) is 6.97. The number of pyridine rings is 1. The predicted octanol–water partition coefficient (Wildman–Crippen LogP) is 3.11. The summed E-state index contributed by atoms with van der Waals surface area (Å²) in [6.07, 6.45) is 3.52. The maximum absolute atomic E-state index is 13.3. The molecule has 0 amide bonds. The maximum atomic E-state index is 13.3. The summed E-state index contributed by atoms with van der Waals surface area (Å²) in [4.78, 5) is 43.7. The molecule has 5 heteroatoms. The first kappa shape index (κ1) is 15.9. The van der Waals surface area contributed by atoms with E-state index in [1.165, 1.54) is 0 Å². The van der Waals surface area contributed by atoms with Crippen LogP contribution in [0, 0.1) is 0 Å². The van der Waals surface area contributed by atoms with Crippen molar-refractivity contribution in [2.75, 3.05) is 0 Å². The number of hydrogen-bond acceptors (Lipinski definition) is 5. The fourth-order valence-electron chi connectivity index (χ4n) is 4.26. The van der Waals surface area contributed by atoms with E-state index in [4.69, 9.17) is 0 Å². The van der Waals surface area contributed by atoms with E-state index in [0.717, 1.165) is 12.1 Å². The van der Waals surface area contributed by atoms with E-state index in [2.05, 4.69) is 10.3 Å². The van der Waals surface area contributed by atoms with Gasteiger partial charge in [0.15, 0.2) is 11.6 Å². The van der Waals surface area contributed by atoms with Crippen molar-refractivity contribution >= 4 is 17.3 Å². The van der Waals surface area contributed by atoms with Crippen LogP contribution in [0.15, 0.2) is 71.2 Å². The molecule has 5 nitrogen and oxygen atoms in total. The van der Waals surface area contributed by atoms with Gasteiger partial charge in [-0.3, -0.25) is 19.4 Å². The van der Waals surface area contributed by atoms with E-state index in [-0.39, 0.29) is 17.3 Å². The molecule has 1 aromatic carbocycles. The van der Waals surface area contributed by atoms with Crippen LogP contribution in [-0.2, 0) is 4.79 Å². The number of benzene rings is 1. The summed E-state index contributed by atoms with van der Waals surface area (Å²) < 4.78 is 0. The molecule has 5 rings (SSSR count). The molecule has 0 saturated carbocycles. The van der Waals surface area contributed by atoms with E-state index in [9.17, 15) is 14.4 Å². The smallest absolute Gasteiger partial charge is 0.210 e. The van der Waals surface area contributed by atoms with Gasteiger partial charge in [-0.2, -0.15) is 0 Å². The molecule has 0 radical (unpaired) electrons. The Morgan fingerprint density at radius 3 is 2.33 bits per heavy atom. The van der Waals surface area contributed by atoms with Gasteiger partial charge in [-0.05, 0) is 25.0 Å². The van der Waals surface area contributed by atoms with Gasteiger partial charge in [0.2, 0.25) is 5.78 Å². The first-order chi connectivity index (χ1) is 13.2. The number of nitrogens with one attached hydrogen (secondary N) is 1. The molecule has 1 unspecified atom stereocenters. The Bertz CT molecular complexity index is 1080. The second kappa shape index (κ2) is 5.84. The summed E-state index contributed by atoms with van der Waals surface area (Å²) in [5.41, 5.74) is 3.38. The van der Waals surface area contributed by atoms with Crippen LogP contribution in [0.1, 0.15) is 51.6 Å². The van der Waals surface area contributed by atoms with Crippen molar-refractivity contribution in [2.24, 2.45) is 0 Å². The zero-order valence-electron chi connectivity index (χ0n) is 14.5. The van der Waals surface area contributed by atoms with Crippen molar-refractivity contribution in [1.82, 2.24) is 10.3 Å². The van der Waals surface area contributed by atoms with E-state index in [1.54, 1.807) is 36.5 Å². The first-order valence-corrected chi connectivity index (χ1v) is 9.03. The van der Waals surface area contributed by atoms with Crippen LogP contribution < -0.4 is 5.32 Å². The van der Waals surface area contributed by atoms with E-state index in [1.807, 2.05) is 12.1 Å². The number of hydrogen-bond donors (Lipinski definition) is 1. The van der Waals surface area contributed by atoms with E-state index < -0.39 is 5.92 Å². The highest BCUT2D eigenvalue weighted by Gasteiger charge is 2.44. The highest BCUT2D eigenvalue weighted by atomic mass is 16.1. The number of dihydropyridines is 1. The third-order valence-corrected chi connectivity index (χ3v) is 5.45. The number of allylic oxidation sites excluding steroid dienone is 4. The standard InChI is InChI=1S/C22H16N2O3/c25-16-10-5-9-15-17(16)18(14-8-3-4-11-23-14)19-20(24-15)22(27)13-7-2-1-6-12(13)21(19)26/h1-4,6-8,11,18,24H,5,9-10H2. The lowest BCUT2D eigenvalue weighted by molar-refractivity contribution is -0.116. The lowest BCUT2D eigenvalue weighted by Gasteiger charge is -2.36. The van der Waals surface area contributed by atoms with Gasteiger partial charge in [-0.25, -0.2) is 0 Å². The molecule has 2 aliphatic carbocycles. The number of nitrogens with zero attached hydrogens (tertiary/aromatic N) is 1. The van der Waals surface area contributed by atoms with Gasteiger partial charge in [0.25, 0.3) is 0 Å². The minimum absolute atomic E-state index is 0.0186. The highest BCUT2D eigenvalue weighted by molar-refractivity contribution is 6.28. The highest BCUT2D eigenvalue weighted by Crippen LogP contribution is 2.44. The van der Waals surface area contributed by atoms with Crippen LogP contribution in [-0.4, -0.2) is 22.3 Å². The Balaban J connectivity index is 1.77. The summed E-state index contributed by atoms with van der Waals surface area (Å²) in [6, 6.07) is 12.3. The Labute approximate surface area is 155 Å². The molecular formula is C22H16N2O3. The van der Waals surface area contributed by atoms with Crippen molar-refractivity contribution < 1.29 is 14.4 Å². The molecule has 132 valence electrons. The zero-order valence-corrected chi connectivity index (χ0v) is 14.5. The molecule has 1 aromatic heterocycles. The number of ketones is 3. The largest absolute Gasteiger partial charge is 0.355 e. The molecule has 27 heavy (non-hydrogen) atoms. The average Bonchev–Trinajstić information content (AvgIpc) is 2.71. The Hall–Kier alpha value is -3.34. The number of Topliss-reactive ketones (excluding diaryl/α,β-unsaturated/α-hetero) is 3. The Kier molecular flexibility index (Phi) is 3.44. The minimum Gasteiger partial charge on any atom is -0.355 e. The molecule has 0 bridgehead atoms. The molecule has 2 aromatic rings. The lowest BCUT2D eigenvalue weighted by atomic mass is 9.71. The number of fused-ring (bicyclic) bond motifs is 1. The van der Waals surface area contributed by atoms with Gasteiger partial charge in [0.1, 0.15) is 0 Å². The third kappa shape index (κ3) is 2.24. The molecule has 3 aliphatic rings. The minimum atomic E-state index is -0.602. The SMILES string of the molecule is O=C1CCCC2=C1C(c1ccccn1)C1=C(N2)C(=O)c2ccccc2C1=O. The van der Waals surface area contributed by atoms with Gasteiger partial charge >= 0.3 is 0 Å². The molecule has 1 atom stereocenters. The molecule has 1 aliphatic heterocycles. The summed E-state index contributed by atoms with van der Waals surface area (Å²) in [5.74, 6) is -1.00. The lowest BCUT2D eigenvalue weighted by Crippen LogP contribution is -2.40. The normalized spacial score (nSPS) is 21.5. The second-order valence-corrected chi connectivity index (χ2v) is 6.97. The third-order valence-electron chi connectivity index (χ3n) is 5.45. The molecular weight excluding hydrogens is 340 g/mol. The molecule has 2 heterocycles. The zero-order chi connectivity index (χ0) is 18.5. The summed E-state index contributed by atoms with van der Waals surface area (Å²) in [7, 11) is 0. The van der Waals surface area contributed by atoms with Gasteiger partial charge in [-0.15, -0.1) is 0 Å². The number of carbonyl (C=O) groups excluding carboxylic acids is 3. The number of rotatable bonds is 1. The van der Waals surface area contributed by atoms with Crippen molar-refractivity contribution in [3.8, 4) is 0 Å². The van der Waals surface area contributed by atoms with Crippen LogP contribution in [0.4, 0.5) is 0 Å². The Morgan fingerprint density at radius 2 is 1.59 bits per heavy atom. The fraction of sp³-hybridized carbons (Fsp3) is 0.182. The van der Waals surface area contributed by atoms with Crippen molar-refractivity contribution in [3.05, 3.63) is 88.0 Å². The quantitative estimate of drug-likeness (QED) is 0.850. The average molecular weight is 356 g/mol. The first-order valence-electron chi connectivity index (χ1n) is 9.03. The van der Waals surface area contributed by atoms with Gasteiger partial charge in [-0.1, -0.05) is 30.3 Å². The van der Waals surface area contributed by atoms with Crippen LogP contribution >= 0.6 is 0 Å². The van der Waals surface area contributed by atoms with Gasteiger partial charge < -0.3 is 5.32 Å². The Morgan fingerprint density at radius 1 is 0.852 bits per heavy atom. The topological polar surface area (TPSA) is 76.1 Å². The summed E-state index contributed by atoms with van der Waals surface area (Å²) in [6.45, 7) is 0. The number of aromatic nitrogens is 1.